The Morgan fingerprint density at radius 1 is 1.15 bits per heavy atom. The van der Waals surface area contributed by atoms with Gasteiger partial charge in [-0.25, -0.2) is 4.68 Å². The van der Waals surface area contributed by atoms with Gasteiger partial charge in [-0.15, -0.1) is 0 Å². The maximum atomic E-state index is 5.86. The molecule has 0 aliphatic rings. The predicted octanol–water partition coefficient (Wildman–Crippen LogP) is 5.91. The van der Waals surface area contributed by atoms with E-state index in [0.717, 1.165) is 23.3 Å². The van der Waals surface area contributed by atoms with Crippen molar-refractivity contribution in [3.05, 3.63) is 40.8 Å². The summed E-state index contributed by atoms with van der Waals surface area (Å²) in [4.78, 5) is 0. The fourth-order valence-corrected chi connectivity index (χ4v) is 4.25. The van der Waals surface area contributed by atoms with Crippen molar-refractivity contribution in [2.24, 2.45) is 0 Å². The molecule has 4 nitrogen and oxygen atoms in total. The molecule has 0 saturated carbocycles. The van der Waals surface area contributed by atoms with Crippen LogP contribution in [0, 0.1) is 6.92 Å². The normalized spacial score (nSPS) is 12.2. The summed E-state index contributed by atoms with van der Waals surface area (Å²) in [6, 6.07) is 7.64. The van der Waals surface area contributed by atoms with Crippen LogP contribution in [0.4, 0.5) is 0 Å². The zero-order valence-electron chi connectivity index (χ0n) is 16.3. The third kappa shape index (κ3) is 4.30. The lowest BCUT2D eigenvalue weighted by molar-refractivity contribution is 0.0784. The summed E-state index contributed by atoms with van der Waals surface area (Å²) in [7, 11) is -1.05. The largest absolute Gasteiger partial charge is 0.360 e. The van der Waals surface area contributed by atoms with E-state index < -0.39 is 8.07 Å². The standard InChI is InChI=1S/C20H28BrN3OSi/c1-6-23-12-19(17-11-16(21)7-8-20(17)23)18-13-24(22-15(18)2)14-25-9-10-26(3,4)5/h7-8,11-13H,6,9-10,14H2,1-5H3. The SMILES string of the molecule is CCn1cc(-c2cn(COCC[Si](C)(C)C)nc2C)c2cc(Br)ccc21. The van der Waals surface area contributed by atoms with Crippen molar-refractivity contribution in [1.29, 1.82) is 0 Å². The van der Waals surface area contributed by atoms with Gasteiger partial charge in [0.2, 0.25) is 0 Å². The molecule has 0 N–H and O–H groups in total. The molecule has 0 atom stereocenters. The molecular formula is C20H28BrN3OSi. The van der Waals surface area contributed by atoms with Gasteiger partial charge in [-0.05, 0) is 38.1 Å². The Morgan fingerprint density at radius 3 is 2.62 bits per heavy atom. The first kappa shape index (κ1) is 19.4. The second-order valence-electron chi connectivity index (χ2n) is 8.01. The quantitative estimate of drug-likeness (QED) is 0.342. The molecule has 2 heterocycles. The second-order valence-corrected chi connectivity index (χ2v) is 14.5. The highest BCUT2D eigenvalue weighted by Gasteiger charge is 2.15. The molecule has 0 spiro atoms. The van der Waals surface area contributed by atoms with Gasteiger partial charge in [0.1, 0.15) is 6.73 Å². The lowest BCUT2D eigenvalue weighted by Gasteiger charge is -2.15. The van der Waals surface area contributed by atoms with Crippen LogP contribution in [0.1, 0.15) is 12.6 Å². The fraction of sp³-hybridized carbons (Fsp3) is 0.450. The van der Waals surface area contributed by atoms with E-state index in [0.29, 0.717) is 6.73 Å². The van der Waals surface area contributed by atoms with E-state index in [1.165, 1.54) is 28.1 Å². The summed E-state index contributed by atoms with van der Waals surface area (Å²) in [5.74, 6) is 0. The molecule has 2 aromatic heterocycles. The smallest absolute Gasteiger partial charge is 0.139 e. The number of halogens is 1. The summed E-state index contributed by atoms with van der Waals surface area (Å²) in [5.41, 5.74) is 4.70. The van der Waals surface area contributed by atoms with Crippen LogP contribution in [0.5, 0.6) is 0 Å². The molecule has 3 rings (SSSR count). The number of aryl methyl sites for hydroxylation is 2. The zero-order valence-corrected chi connectivity index (χ0v) is 18.9. The summed E-state index contributed by atoms with van der Waals surface area (Å²) < 4.78 is 11.2. The first-order chi connectivity index (χ1) is 12.3. The third-order valence-corrected chi connectivity index (χ3v) is 6.84. The Hall–Kier alpha value is -1.37. The van der Waals surface area contributed by atoms with Crippen molar-refractivity contribution < 1.29 is 4.74 Å². The molecule has 0 bridgehead atoms. The molecule has 140 valence electrons. The van der Waals surface area contributed by atoms with Gasteiger partial charge in [-0.3, -0.25) is 0 Å². The van der Waals surface area contributed by atoms with Gasteiger partial charge in [0.15, 0.2) is 0 Å². The summed E-state index contributed by atoms with van der Waals surface area (Å²) in [6.07, 6.45) is 4.34. The molecule has 3 aromatic rings. The number of aromatic nitrogens is 3. The number of rotatable bonds is 7. The van der Waals surface area contributed by atoms with E-state index in [1.54, 1.807) is 0 Å². The Bertz CT molecular complexity index is 908. The highest BCUT2D eigenvalue weighted by Crippen LogP contribution is 2.34. The highest BCUT2D eigenvalue weighted by molar-refractivity contribution is 9.10. The Balaban J connectivity index is 1.85. The maximum absolute atomic E-state index is 5.86. The number of nitrogens with zero attached hydrogens (tertiary/aromatic N) is 3. The van der Waals surface area contributed by atoms with Crippen LogP contribution in [0.3, 0.4) is 0 Å². The van der Waals surface area contributed by atoms with Gasteiger partial charge in [0.05, 0.1) is 5.69 Å². The highest BCUT2D eigenvalue weighted by atomic mass is 79.9. The van der Waals surface area contributed by atoms with Gasteiger partial charge in [0, 0.05) is 60.1 Å². The summed E-state index contributed by atoms with van der Waals surface area (Å²) >= 11 is 3.61. The van der Waals surface area contributed by atoms with Crippen LogP contribution in [-0.2, 0) is 18.0 Å². The van der Waals surface area contributed by atoms with Crippen molar-refractivity contribution >= 4 is 34.9 Å². The maximum Gasteiger partial charge on any atom is 0.139 e. The van der Waals surface area contributed by atoms with Crippen molar-refractivity contribution in [2.45, 2.75) is 52.8 Å². The minimum Gasteiger partial charge on any atom is -0.360 e. The fourth-order valence-electron chi connectivity index (χ4n) is 3.13. The number of benzene rings is 1. The van der Waals surface area contributed by atoms with Gasteiger partial charge < -0.3 is 9.30 Å². The van der Waals surface area contributed by atoms with E-state index in [4.69, 9.17) is 4.74 Å². The van der Waals surface area contributed by atoms with Crippen LogP contribution in [0.15, 0.2) is 35.1 Å². The van der Waals surface area contributed by atoms with Crippen LogP contribution < -0.4 is 0 Å². The molecule has 0 saturated heterocycles. The van der Waals surface area contributed by atoms with E-state index >= 15 is 0 Å². The third-order valence-electron chi connectivity index (χ3n) is 4.64. The van der Waals surface area contributed by atoms with Crippen LogP contribution in [0.25, 0.3) is 22.0 Å². The Labute approximate surface area is 165 Å². The van der Waals surface area contributed by atoms with Crippen molar-refractivity contribution in [2.75, 3.05) is 6.61 Å². The van der Waals surface area contributed by atoms with Crippen molar-refractivity contribution in [3.63, 3.8) is 0 Å². The molecule has 0 amide bonds. The molecule has 26 heavy (non-hydrogen) atoms. The summed E-state index contributed by atoms with van der Waals surface area (Å²) in [5, 5.41) is 5.92. The average Bonchev–Trinajstić information content (AvgIpc) is 3.10. The van der Waals surface area contributed by atoms with Gasteiger partial charge in [-0.1, -0.05) is 35.6 Å². The Morgan fingerprint density at radius 2 is 1.92 bits per heavy atom. The molecule has 0 aliphatic carbocycles. The first-order valence-corrected chi connectivity index (χ1v) is 13.7. The molecule has 0 fully saturated rings. The Kier molecular flexibility index (Phi) is 5.74. The first-order valence-electron chi connectivity index (χ1n) is 9.19. The van der Waals surface area contributed by atoms with Gasteiger partial charge >= 0.3 is 0 Å². The molecule has 6 heteroatoms. The average molecular weight is 434 g/mol. The molecule has 0 unspecified atom stereocenters. The monoisotopic (exact) mass is 433 g/mol. The molecule has 0 radical (unpaired) electrons. The van der Waals surface area contributed by atoms with Crippen LogP contribution >= 0.6 is 15.9 Å². The lowest BCUT2D eigenvalue weighted by Crippen LogP contribution is -2.22. The van der Waals surface area contributed by atoms with Gasteiger partial charge in [-0.2, -0.15) is 5.10 Å². The van der Waals surface area contributed by atoms with E-state index in [2.05, 4.69) is 89.7 Å². The van der Waals surface area contributed by atoms with E-state index in [-0.39, 0.29) is 0 Å². The van der Waals surface area contributed by atoms with E-state index in [9.17, 15) is 0 Å². The zero-order chi connectivity index (χ0) is 18.9. The molecular weight excluding hydrogens is 406 g/mol. The molecule has 1 aromatic carbocycles. The van der Waals surface area contributed by atoms with Crippen molar-refractivity contribution in [1.82, 2.24) is 14.3 Å². The van der Waals surface area contributed by atoms with E-state index in [1.807, 2.05) is 4.68 Å². The number of hydrogen-bond donors (Lipinski definition) is 0. The minimum atomic E-state index is -1.05. The van der Waals surface area contributed by atoms with Crippen LogP contribution in [-0.4, -0.2) is 29.0 Å². The number of hydrogen-bond acceptors (Lipinski definition) is 2. The predicted molar refractivity (Wildman–Crippen MR) is 115 cm³/mol. The number of fused-ring (bicyclic) bond motifs is 1. The minimum absolute atomic E-state index is 0.515. The second kappa shape index (κ2) is 7.70. The summed E-state index contributed by atoms with van der Waals surface area (Å²) in [6.45, 7) is 13.6. The topological polar surface area (TPSA) is 32.0 Å². The van der Waals surface area contributed by atoms with Gasteiger partial charge in [0.25, 0.3) is 0 Å². The lowest BCUT2D eigenvalue weighted by atomic mass is 10.1. The van der Waals surface area contributed by atoms with Crippen molar-refractivity contribution in [3.8, 4) is 11.1 Å². The van der Waals surface area contributed by atoms with Crippen LogP contribution in [0.2, 0.25) is 25.7 Å². The molecule has 0 aliphatic heterocycles. The number of ether oxygens (including phenoxy) is 1.